The molecule has 0 saturated heterocycles. The molecule has 3 N–H and O–H groups in total. The zero-order valence-electron chi connectivity index (χ0n) is 13.7. The second-order valence-corrected chi connectivity index (χ2v) is 6.51. The number of hydrogen-bond donors (Lipinski definition) is 2. The van der Waals surface area contributed by atoms with Gasteiger partial charge in [-0.25, -0.2) is 4.98 Å². The SMILES string of the molecule is CNC(Cc1cccnc1N)C1(N(C)C)CCCCCC1. The molecule has 4 nitrogen and oxygen atoms in total. The van der Waals surface area contributed by atoms with Crippen LogP contribution in [0.5, 0.6) is 0 Å². The standard InChI is InChI=1S/C17H30N4/c1-19-15(13-14-9-8-12-20-16(14)18)17(21(2)3)10-6-4-5-7-11-17/h8-9,12,15,19H,4-7,10-11,13H2,1-3H3,(H2,18,20). The molecule has 0 radical (unpaired) electrons. The summed E-state index contributed by atoms with van der Waals surface area (Å²) in [6, 6.07) is 4.48. The monoisotopic (exact) mass is 290 g/mol. The lowest BCUT2D eigenvalue weighted by Gasteiger charge is -2.46. The molecule has 0 aromatic carbocycles. The highest BCUT2D eigenvalue weighted by molar-refractivity contribution is 5.39. The molecular weight excluding hydrogens is 260 g/mol. The van der Waals surface area contributed by atoms with E-state index in [0.29, 0.717) is 11.9 Å². The maximum Gasteiger partial charge on any atom is 0.126 e. The van der Waals surface area contributed by atoms with E-state index in [9.17, 15) is 0 Å². The Morgan fingerprint density at radius 1 is 1.29 bits per heavy atom. The molecule has 4 heteroatoms. The maximum absolute atomic E-state index is 6.05. The first-order chi connectivity index (χ1) is 10.1. The van der Waals surface area contributed by atoms with Crippen LogP contribution in [0.15, 0.2) is 18.3 Å². The molecule has 1 atom stereocenters. The molecule has 0 amide bonds. The summed E-state index contributed by atoms with van der Waals surface area (Å²) in [6.07, 6.45) is 10.6. The molecule has 118 valence electrons. The van der Waals surface area contributed by atoms with E-state index in [2.05, 4.69) is 42.4 Å². The number of likely N-dealkylation sites (N-methyl/N-ethyl adjacent to an activating group) is 2. The van der Waals surface area contributed by atoms with E-state index in [1.165, 1.54) is 38.5 Å². The third-order valence-electron chi connectivity index (χ3n) is 5.21. The lowest BCUT2D eigenvalue weighted by atomic mass is 9.78. The predicted molar refractivity (Wildman–Crippen MR) is 89.3 cm³/mol. The second-order valence-electron chi connectivity index (χ2n) is 6.51. The van der Waals surface area contributed by atoms with E-state index in [1.54, 1.807) is 6.20 Å². The number of hydrogen-bond acceptors (Lipinski definition) is 4. The average Bonchev–Trinajstić information content (AvgIpc) is 2.73. The van der Waals surface area contributed by atoms with E-state index >= 15 is 0 Å². The largest absolute Gasteiger partial charge is 0.383 e. The van der Waals surface area contributed by atoms with E-state index in [0.717, 1.165) is 12.0 Å². The van der Waals surface area contributed by atoms with E-state index in [4.69, 9.17) is 5.73 Å². The van der Waals surface area contributed by atoms with Crippen LogP contribution in [-0.2, 0) is 6.42 Å². The van der Waals surface area contributed by atoms with Gasteiger partial charge >= 0.3 is 0 Å². The smallest absolute Gasteiger partial charge is 0.126 e. The van der Waals surface area contributed by atoms with Crippen LogP contribution >= 0.6 is 0 Å². The Bertz CT molecular complexity index is 436. The Kier molecular flexibility index (Phi) is 5.59. The van der Waals surface area contributed by atoms with Crippen LogP contribution in [0.2, 0.25) is 0 Å². The van der Waals surface area contributed by atoms with Gasteiger partial charge in [0.2, 0.25) is 0 Å². The highest BCUT2D eigenvalue weighted by Crippen LogP contribution is 2.35. The van der Waals surface area contributed by atoms with Gasteiger partial charge in [-0.1, -0.05) is 31.7 Å². The number of nitrogens with one attached hydrogen (secondary N) is 1. The molecular formula is C17H30N4. The van der Waals surface area contributed by atoms with Crippen molar-refractivity contribution in [1.29, 1.82) is 0 Å². The first-order valence-electron chi connectivity index (χ1n) is 8.14. The van der Waals surface area contributed by atoms with Gasteiger partial charge in [0, 0.05) is 17.8 Å². The van der Waals surface area contributed by atoms with Gasteiger partial charge in [-0.3, -0.25) is 0 Å². The molecule has 1 aromatic rings. The van der Waals surface area contributed by atoms with Gasteiger partial charge in [0.25, 0.3) is 0 Å². The molecule has 21 heavy (non-hydrogen) atoms. The van der Waals surface area contributed by atoms with Crippen molar-refractivity contribution in [2.45, 2.75) is 56.5 Å². The molecule has 1 aromatic heterocycles. The Morgan fingerprint density at radius 2 is 1.95 bits per heavy atom. The molecule has 1 unspecified atom stereocenters. The molecule has 1 aliphatic carbocycles. The summed E-state index contributed by atoms with van der Waals surface area (Å²) >= 11 is 0. The van der Waals surface area contributed by atoms with Gasteiger partial charge in [0.1, 0.15) is 5.82 Å². The van der Waals surface area contributed by atoms with Gasteiger partial charge < -0.3 is 16.0 Å². The van der Waals surface area contributed by atoms with Gasteiger partial charge in [0.05, 0.1) is 0 Å². The lowest BCUT2D eigenvalue weighted by Crippen LogP contribution is -2.59. The van der Waals surface area contributed by atoms with Crippen molar-refractivity contribution >= 4 is 5.82 Å². The van der Waals surface area contributed by atoms with Crippen molar-refractivity contribution in [3.63, 3.8) is 0 Å². The number of aromatic nitrogens is 1. The van der Waals surface area contributed by atoms with E-state index in [1.807, 2.05) is 6.07 Å². The topological polar surface area (TPSA) is 54.2 Å². The fraction of sp³-hybridized carbons (Fsp3) is 0.706. The molecule has 0 bridgehead atoms. The number of pyridine rings is 1. The summed E-state index contributed by atoms with van der Waals surface area (Å²) in [7, 11) is 6.53. The summed E-state index contributed by atoms with van der Waals surface area (Å²) in [4.78, 5) is 6.67. The normalized spacial score (nSPS) is 20.2. The summed E-state index contributed by atoms with van der Waals surface area (Å²) < 4.78 is 0. The fourth-order valence-corrected chi connectivity index (χ4v) is 3.85. The van der Waals surface area contributed by atoms with Crippen molar-refractivity contribution in [3.05, 3.63) is 23.9 Å². The van der Waals surface area contributed by atoms with E-state index in [-0.39, 0.29) is 5.54 Å². The number of nitrogens with zero attached hydrogens (tertiary/aromatic N) is 2. The quantitative estimate of drug-likeness (QED) is 0.818. The molecule has 1 fully saturated rings. The van der Waals surface area contributed by atoms with Crippen LogP contribution in [0.1, 0.15) is 44.1 Å². The highest BCUT2D eigenvalue weighted by Gasteiger charge is 2.40. The van der Waals surface area contributed by atoms with Crippen molar-refractivity contribution < 1.29 is 0 Å². The third kappa shape index (κ3) is 3.55. The van der Waals surface area contributed by atoms with E-state index < -0.39 is 0 Å². The minimum absolute atomic E-state index is 0.216. The first kappa shape index (κ1) is 16.2. The van der Waals surface area contributed by atoms with Crippen LogP contribution in [0.25, 0.3) is 0 Å². The van der Waals surface area contributed by atoms with Crippen LogP contribution < -0.4 is 11.1 Å². The Balaban J connectivity index is 2.25. The molecule has 0 aliphatic heterocycles. The average molecular weight is 290 g/mol. The van der Waals surface area contributed by atoms with Gasteiger partial charge in [0.15, 0.2) is 0 Å². The van der Waals surface area contributed by atoms with Crippen LogP contribution in [0.4, 0.5) is 5.82 Å². The van der Waals surface area contributed by atoms with Crippen molar-refractivity contribution in [1.82, 2.24) is 15.2 Å². The van der Waals surface area contributed by atoms with Crippen LogP contribution in [-0.4, -0.2) is 42.6 Å². The molecule has 2 rings (SSSR count). The summed E-state index contributed by atoms with van der Waals surface area (Å²) in [5, 5.41) is 3.57. The summed E-state index contributed by atoms with van der Waals surface area (Å²) in [5.41, 5.74) is 7.42. The molecule has 0 spiro atoms. The predicted octanol–water partition coefficient (Wildman–Crippen LogP) is 2.45. The van der Waals surface area contributed by atoms with Crippen molar-refractivity contribution in [3.8, 4) is 0 Å². The van der Waals surface area contributed by atoms with Crippen molar-refractivity contribution in [2.24, 2.45) is 0 Å². The minimum atomic E-state index is 0.216. The number of anilines is 1. The Hall–Kier alpha value is -1.13. The zero-order chi connectivity index (χ0) is 15.3. The minimum Gasteiger partial charge on any atom is -0.383 e. The maximum atomic E-state index is 6.05. The van der Waals surface area contributed by atoms with Gasteiger partial charge in [-0.05, 0) is 52.0 Å². The van der Waals surface area contributed by atoms with Gasteiger partial charge in [-0.15, -0.1) is 0 Å². The third-order valence-corrected chi connectivity index (χ3v) is 5.21. The van der Waals surface area contributed by atoms with Gasteiger partial charge in [-0.2, -0.15) is 0 Å². The fourth-order valence-electron chi connectivity index (χ4n) is 3.85. The van der Waals surface area contributed by atoms with Crippen LogP contribution in [0, 0.1) is 0 Å². The first-order valence-corrected chi connectivity index (χ1v) is 8.14. The number of rotatable bonds is 5. The highest BCUT2D eigenvalue weighted by atomic mass is 15.2. The van der Waals surface area contributed by atoms with Crippen molar-refractivity contribution in [2.75, 3.05) is 26.9 Å². The summed E-state index contributed by atoms with van der Waals surface area (Å²) in [6.45, 7) is 0. The molecule has 1 aliphatic rings. The molecule has 1 heterocycles. The second kappa shape index (κ2) is 7.23. The van der Waals surface area contributed by atoms with Crippen LogP contribution in [0.3, 0.4) is 0 Å². The number of nitrogens with two attached hydrogens (primary N) is 1. The number of nitrogen functional groups attached to an aromatic ring is 1. The summed E-state index contributed by atoms with van der Waals surface area (Å²) in [5.74, 6) is 0.667. The lowest BCUT2D eigenvalue weighted by molar-refractivity contribution is 0.0836. The zero-order valence-corrected chi connectivity index (χ0v) is 13.7. The Morgan fingerprint density at radius 3 is 2.48 bits per heavy atom. The Labute approximate surface area is 129 Å². The molecule has 1 saturated carbocycles.